The summed E-state index contributed by atoms with van der Waals surface area (Å²) in [6.07, 6.45) is 11.4. The van der Waals surface area contributed by atoms with Gasteiger partial charge in [-0.3, -0.25) is 0 Å². The standard InChI is InChI=1S/C29H44/c1-11-13-14-15-23(4)26(21-29(9,10)12-2)27(28(6,7)8)20-24(5)25-18-16-22(3)17-19-25/h14-20H,4,11-13,21H2,1-3,5-10H3/b15-14+,24-20+,27-26+. The van der Waals surface area contributed by atoms with Crippen molar-refractivity contribution in [2.75, 3.05) is 0 Å². The van der Waals surface area contributed by atoms with Crippen LogP contribution in [0.25, 0.3) is 5.57 Å². The predicted molar refractivity (Wildman–Crippen MR) is 133 cm³/mol. The lowest BCUT2D eigenvalue weighted by Crippen LogP contribution is -2.17. The Morgan fingerprint density at radius 2 is 1.59 bits per heavy atom. The summed E-state index contributed by atoms with van der Waals surface area (Å²) in [4.78, 5) is 0. The van der Waals surface area contributed by atoms with Crippen molar-refractivity contribution in [3.63, 3.8) is 0 Å². The Hall–Kier alpha value is -1.82. The van der Waals surface area contributed by atoms with Crippen LogP contribution in [-0.2, 0) is 0 Å². The van der Waals surface area contributed by atoms with Crippen molar-refractivity contribution in [1.82, 2.24) is 0 Å². The van der Waals surface area contributed by atoms with Gasteiger partial charge in [0.05, 0.1) is 0 Å². The maximum atomic E-state index is 4.50. The minimum atomic E-state index is 0.0483. The second kappa shape index (κ2) is 10.8. The van der Waals surface area contributed by atoms with Crippen LogP contribution in [0.4, 0.5) is 0 Å². The van der Waals surface area contributed by atoms with Crippen LogP contribution in [0.15, 0.2) is 65.8 Å². The Morgan fingerprint density at radius 1 is 1.00 bits per heavy atom. The zero-order valence-corrected chi connectivity index (χ0v) is 20.6. The molecule has 0 spiro atoms. The molecule has 0 aliphatic heterocycles. The maximum absolute atomic E-state index is 4.50. The second-order valence-corrected chi connectivity index (χ2v) is 10.2. The molecule has 160 valence electrons. The minimum Gasteiger partial charge on any atom is -0.0915 e. The highest BCUT2D eigenvalue weighted by molar-refractivity contribution is 5.68. The highest BCUT2D eigenvalue weighted by Crippen LogP contribution is 2.40. The molecule has 0 bridgehead atoms. The summed E-state index contributed by atoms with van der Waals surface area (Å²) in [6.45, 7) is 25.1. The van der Waals surface area contributed by atoms with E-state index in [1.165, 1.54) is 34.3 Å². The molecule has 0 unspecified atom stereocenters. The first-order valence-corrected chi connectivity index (χ1v) is 11.3. The Kier molecular flexibility index (Phi) is 9.40. The van der Waals surface area contributed by atoms with Gasteiger partial charge in [-0.2, -0.15) is 0 Å². The van der Waals surface area contributed by atoms with Gasteiger partial charge < -0.3 is 0 Å². The van der Waals surface area contributed by atoms with Crippen molar-refractivity contribution in [1.29, 1.82) is 0 Å². The Bertz CT molecular complexity index is 755. The topological polar surface area (TPSA) is 0 Å². The Balaban J connectivity index is 3.60. The smallest absolute Gasteiger partial charge is 0.0129 e. The van der Waals surface area contributed by atoms with Crippen LogP contribution in [0.3, 0.4) is 0 Å². The van der Waals surface area contributed by atoms with Crippen molar-refractivity contribution in [2.45, 2.75) is 88.0 Å². The quantitative estimate of drug-likeness (QED) is 0.367. The van der Waals surface area contributed by atoms with E-state index in [9.17, 15) is 0 Å². The summed E-state index contributed by atoms with van der Waals surface area (Å²) in [5.74, 6) is 0. The average Bonchev–Trinajstić information content (AvgIpc) is 2.64. The fourth-order valence-corrected chi connectivity index (χ4v) is 3.35. The first-order valence-electron chi connectivity index (χ1n) is 11.3. The van der Waals surface area contributed by atoms with Crippen LogP contribution >= 0.6 is 0 Å². The summed E-state index contributed by atoms with van der Waals surface area (Å²) < 4.78 is 0. The molecule has 0 N–H and O–H groups in total. The van der Waals surface area contributed by atoms with Crippen molar-refractivity contribution in [3.05, 3.63) is 76.9 Å². The summed E-state index contributed by atoms with van der Waals surface area (Å²) >= 11 is 0. The fourth-order valence-electron chi connectivity index (χ4n) is 3.35. The molecule has 1 aromatic rings. The van der Waals surface area contributed by atoms with Gasteiger partial charge in [-0.25, -0.2) is 0 Å². The summed E-state index contributed by atoms with van der Waals surface area (Å²) in [5, 5.41) is 0. The molecule has 0 nitrogen and oxygen atoms in total. The first kappa shape index (κ1) is 25.2. The van der Waals surface area contributed by atoms with Crippen molar-refractivity contribution in [3.8, 4) is 0 Å². The number of benzene rings is 1. The molecule has 0 saturated carbocycles. The van der Waals surface area contributed by atoms with Gasteiger partial charge in [0, 0.05) is 0 Å². The monoisotopic (exact) mass is 392 g/mol. The van der Waals surface area contributed by atoms with Crippen LogP contribution in [0.5, 0.6) is 0 Å². The lowest BCUT2D eigenvalue weighted by Gasteiger charge is -2.31. The molecule has 0 amide bonds. The SMILES string of the molecule is C=C(/C=C/CCC)/C(CC(C)(C)CC)=C(\C=C(/C)c1ccc(C)cc1)C(C)(C)C. The van der Waals surface area contributed by atoms with E-state index in [0.717, 1.165) is 24.8 Å². The third kappa shape index (κ3) is 8.21. The zero-order chi connectivity index (χ0) is 22.2. The van der Waals surface area contributed by atoms with Crippen LogP contribution in [0.1, 0.15) is 92.2 Å². The van der Waals surface area contributed by atoms with E-state index in [1.807, 2.05) is 0 Å². The summed E-state index contributed by atoms with van der Waals surface area (Å²) in [7, 11) is 0. The van der Waals surface area contributed by atoms with Crippen LogP contribution in [0.2, 0.25) is 0 Å². The molecule has 0 heterocycles. The largest absolute Gasteiger partial charge is 0.0915 e. The Labute approximate surface area is 181 Å². The molecule has 1 rings (SSSR count). The third-order valence-electron chi connectivity index (χ3n) is 5.78. The molecule has 0 radical (unpaired) electrons. The lowest BCUT2D eigenvalue weighted by atomic mass is 9.74. The van der Waals surface area contributed by atoms with Gasteiger partial charge in [-0.15, -0.1) is 0 Å². The van der Waals surface area contributed by atoms with Crippen LogP contribution < -0.4 is 0 Å². The molecular weight excluding hydrogens is 348 g/mol. The van der Waals surface area contributed by atoms with E-state index in [4.69, 9.17) is 0 Å². The molecule has 0 saturated heterocycles. The van der Waals surface area contributed by atoms with Gasteiger partial charge in [-0.1, -0.05) is 116 Å². The van der Waals surface area contributed by atoms with Gasteiger partial charge in [0.25, 0.3) is 0 Å². The third-order valence-corrected chi connectivity index (χ3v) is 5.78. The predicted octanol–water partition coefficient (Wildman–Crippen LogP) is 9.48. The number of hydrogen-bond acceptors (Lipinski definition) is 0. The van der Waals surface area contributed by atoms with Crippen molar-refractivity contribution >= 4 is 5.57 Å². The maximum Gasteiger partial charge on any atom is -0.0129 e. The summed E-state index contributed by atoms with van der Waals surface area (Å²) in [6, 6.07) is 8.85. The molecule has 0 aliphatic rings. The minimum absolute atomic E-state index is 0.0483. The summed E-state index contributed by atoms with van der Waals surface area (Å²) in [5.41, 5.74) is 8.17. The lowest BCUT2D eigenvalue weighted by molar-refractivity contribution is 0.346. The van der Waals surface area contributed by atoms with E-state index in [0.29, 0.717) is 0 Å². The number of unbranched alkanes of at least 4 members (excludes halogenated alkanes) is 1. The highest BCUT2D eigenvalue weighted by atomic mass is 14.3. The molecule has 1 aromatic carbocycles. The second-order valence-electron chi connectivity index (χ2n) is 10.2. The average molecular weight is 393 g/mol. The first-order chi connectivity index (χ1) is 13.4. The van der Waals surface area contributed by atoms with Crippen molar-refractivity contribution in [2.24, 2.45) is 10.8 Å². The molecular formula is C29H44. The van der Waals surface area contributed by atoms with E-state index >= 15 is 0 Å². The number of hydrogen-bond donors (Lipinski definition) is 0. The van der Waals surface area contributed by atoms with E-state index in [2.05, 4.69) is 111 Å². The zero-order valence-electron chi connectivity index (χ0n) is 20.6. The molecule has 0 aliphatic carbocycles. The molecule has 29 heavy (non-hydrogen) atoms. The molecule has 0 atom stereocenters. The number of rotatable bonds is 9. The number of aryl methyl sites for hydroxylation is 1. The van der Waals surface area contributed by atoms with Gasteiger partial charge in [0.2, 0.25) is 0 Å². The van der Waals surface area contributed by atoms with Gasteiger partial charge in [0.15, 0.2) is 0 Å². The highest BCUT2D eigenvalue weighted by Gasteiger charge is 2.25. The van der Waals surface area contributed by atoms with Gasteiger partial charge >= 0.3 is 0 Å². The van der Waals surface area contributed by atoms with Gasteiger partial charge in [-0.05, 0) is 65.4 Å². The Morgan fingerprint density at radius 3 is 2.07 bits per heavy atom. The number of allylic oxidation sites excluding steroid dienone is 7. The van der Waals surface area contributed by atoms with E-state index < -0.39 is 0 Å². The fraction of sp³-hybridized carbons (Fsp3) is 0.517. The molecule has 0 heteroatoms. The normalized spacial score (nSPS) is 14.3. The molecule has 0 fully saturated rings. The van der Waals surface area contributed by atoms with E-state index in [-0.39, 0.29) is 10.8 Å². The van der Waals surface area contributed by atoms with E-state index in [1.54, 1.807) is 0 Å². The van der Waals surface area contributed by atoms with Crippen molar-refractivity contribution < 1.29 is 0 Å². The van der Waals surface area contributed by atoms with Gasteiger partial charge in [0.1, 0.15) is 0 Å². The van der Waals surface area contributed by atoms with Crippen LogP contribution in [-0.4, -0.2) is 0 Å². The molecule has 0 aromatic heterocycles. The van der Waals surface area contributed by atoms with Crippen LogP contribution in [0, 0.1) is 17.8 Å².